The fourth-order valence-electron chi connectivity index (χ4n) is 4.55. The molecule has 0 bridgehead atoms. The van der Waals surface area contributed by atoms with E-state index in [9.17, 15) is 14.7 Å². The maximum atomic E-state index is 13.3. The number of carbonyl (C=O) groups is 1. The largest absolute Gasteiger partial charge is 0.477 e. The number of benzene rings is 1. The number of hydrogen-bond acceptors (Lipinski definition) is 6. The van der Waals surface area contributed by atoms with Gasteiger partial charge in [0.05, 0.1) is 29.8 Å². The molecule has 6 rings (SSSR count). The Kier molecular flexibility index (Phi) is 5.51. The number of aromatic nitrogens is 6. The molecule has 0 spiro atoms. The fraction of sp³-hybridized carbons (Fsp3) is 0.125. The van der Waals surface area contributed by atoms with Crippen LogP contribution in [0.4, 0.5) is 0 Å². The van der Waals surface area contributed by atoms with Gasteiger partial charge in [-0.05, 0) is 48.7 Å². The van der Waals surface area contributed by atoms with Gasteiger partial charge in [0, 0.05) is 33.3 Å². The van der Waals surface area contributed by atoms with Crippen LogP contribution >= 0.6 is 34.5 Å². The molecule has 5 aromatic rings. The fourth-order valence-corrected chi connectivity index (χ4v) is 5.60. The molecule has 0 saturated heterocycles. The summed E-state index contributed by atoms with van der Waals surface area (Å²) >= 11 is 13.4. The normalized spacial score (nSPS) is 14.8. The summed E-state index contributed by atoms with van der Waals surface area (Å²) in [6.45, 7) is 0. The highest BCUT2D eigenvalue weighted by molar-refractivity contribution is 7.12. The third kappa shape index (κ3) is 3.93. The number of halogens is 2. The molecule has 0 unspecified atom stereocenters. The van der Waals surface area contributed by atoms with E-state index < -0.39 is 5.97 Å². The van der Waals surface area contributed by atoms with Gasteiger partial charge in [0.2, 0.25) is 0 Å². The summed E-state index contributed by atoms with van der Waals surface area (Å²) in [6, 6.07) is 10.3. The van der Waals surface area contributed by atoms with Crippen molar-refractivity contribution in [2.45, 2.75) is 18.9 Å². The lowest BCUT2D eigenvalue weighted by Gasteiger charge is -2.15. The molecule has 1 aromatic carbocycles. The molecule has 4 aromatic heterocycles. The number of aryl methyl sites for hydroxylation is 1. The molecule has 1 atom stereocenters. The molecule has 0 amide bonds. The van der Waals surface area contributed by atoms with Crippen LogP contribution in [0.15, 0.2) is 59.0 Å². The number of nitrogens with zero attached hydrogens (tertiary/aromatic N) is 5. The molecule has 36 heavy (non-hydrogen) atoms. The van der Waals surface area contributed by atoms with Crippen LogP contribution in [0.1, 0.15) is 33.7 Å². The highest BCUT2D eigenvalue weighted by Gasteiger charge is 2.28. The summed E-state index contributed by atoms with van der Waals surface area (Å²) in [5.41, 5.74) is 4.34. The molecule has 5 heterocycles. The van der Waals surface area contributed by atoms with Crippen LogP contribution in [0, 0.1) is 0 Å². The Balaban J connectivity index is 1.37. The van der Waals surface area contributed by atoms with Crippen molar-refractivity contribution in [1.29, 1.82) is 0 Å². The predicted octanol–water partition coefficient (Wildman–Crippen LogP) is 5.09. The van der Waals surface area contributed by atoms with Gasteiger partial charge in [-0.1, -0.05) is 28.4 Å². The van der Waals surface area contributed by atoms with Gasteiger partial charge in [-0.2, -0.15) is 0 Å². The van der Waals surface area contributed by atoms with Crippen LogP contribution in [0.3, 0.4) is 0 Å². The first kappa shape index (κ1) is 22.7. The van der Waals surface area contributed by atoms with Gasteiger partial charge in [0.15, 0.2) is 5.15 Å². The number of hydrogen-bond donors (Lipinski definition) is 2. The number of nitrogens with one attached hydrogen (secondary N) is 1. The van der Waals surface area contributed by atoms with Crippen molar-refractivity contribution < 1.29 is 9.90 Å². The number of H-pyrrole nitrogens is 1. The molecule has 2 N–H and O–H groups in total. The molecular weight excluding hydrogens is 523 g/mol. The van der Waals surface area contributed by atoms with Gasteiger partial charge in [0.1, 0.15) is 10.7 Å². The first-order valence-electron chi connectivity index (χ1n) is 10.9. The van der Waals surface area contributed by atoms with Crippen molar-refractivity contribution in [1.82, 2.24) is 29.5 Å². The zero-order valence-corrected chi connectivity index (χ0v) is 20.7. The first-order chi connectivity index (χ1) is 17.4. The quantitative estimate of drug-likeness (QED) is 0.321. The Labute approximate surface area is 217 Å². The number of imidazole rings is 1. The molecule has 9 nitrogen and oxygen atoms in total. The number of aromatic amines is 1. The lowest BCUT2D eigenvalue weighted by molar-refractivity contribution is 0.0702. The molecule has 180 valence electrons. The molecule has 0 saturated carbocycles. The second kappa shape index (κ2) is 8.74. The van der Waals surface area contributed by atoms with Crippen molar-refractivity contribution in [3.8, 4) is 28.1 Å². The minimum atomic E-state index is -0.965. The van der Waals surface area contributed by atoms with Crippen molar-refractivity contribution in [2.75, 3.05) is 0 Å². The summed E-state index contributed by atoms with van der Waals surface area (Å²) < 4.78 is 3.30. The van der Waals surface area contributed by atoms with E-state index in [2.05, 4.69) is 20.3 Å². The van der Waals surface area contributed by atoms with E-state index in [1.54, 1.807) is 57.4 Å². The second-order valence-electron chi connectivity index (χ2n) is 8.33. The van der Waals surface area contributed by atoms with Crippen LogP contribution in [0.25, 0.3) is 28.1 Å². The van der Waals surface area contributed by atoms with E-state index in [0.717, 1.165) is 33.7 Å². The SMILES string of the molecule is O=C(O)c1cc(-c2cnc([C@@H]3CCc4cc(-c5cc(Cl)ccc5-n5cc(Cl)nn5)cc(=O)n43)[nH]2)cs1. The zero-order chi connectivity index (χ0) is 25.0. The first-order valence-corrected chi connectivity index (χ1v) is 12.5. The smallest absolute Gasteiger partial charge is 0.345 e. The number of thiophene rings is 1. The van der Waals surface area contributed by atoms with Gasteiger partial charge in [-0.3, -0.25) is 4.79 Å². The number of pyridine rings is 1. The monoisotopic (exact) mass is 538 g/mol. The third-order valence-electron chi connectivity index (χ3n) is 6.15. The molecule has 0 radical (unpaired) electrons. The Morgan fingerprint density at radius 2 is 2.03 bits per heavy atom. The number of carboxylic acid groups (broad SMARTS) is 1. The van der Waals surface area contributed by atoms with E-state index in [-0.39, 0.29) is 21.6 Å². The number of aromatic carboxylic acids is 1. The summed E-state index contributed by atoms with van der Waals surface area (Å²) in [5, 5.41) is 19.6. The summed E-state index contributed by atoms with van der Waals surface area (Å²) in [7, 11) is 0. The Bertz CT molecular complexity index is 1700. The van der Waals surface area contributed by atoms with Gasteiger partial charge in [0.25, 0.3) is 5.56 Å². The molecule has 0 aliphatic carbocycles. The van der Waals surface area contributed by atoms with Crippen LogP contribution < -0.4 is 5.56 Å². The standard InChI is InChI=1S/C24H16Cl2N6O3S/c25-14-1-3-18(31-10-21(26)29-30-31)16(8-14)12-5-15-2-4-19(32(15)22(33)7-12)23-27-9-17(28-23)13-6-20(24(34)35)36-11-13/h1,3,5-11,19H,2,4H2,(H,27,28)(H,34,35)/t19-/m0/s1. The Morgan fingerprint density at radius 3 is 2.78 bits per heavy atom. The van der Waals surface area contributed by atoms with Crippen LogP contribution in [0.5, 0.6) is 0 Å². The third-order valence-corrected chi connectivity index (χ3v) is 7.47. The topological polar surface area (TPSA) is 119 Å². The lowest BCUT2D eigenvalue weighted by atomic mass is 10.0. The average molecular weight is 539 g/mol. The van der Waals surface area contributed by atoms with Gasteiger partial charge >= 0.3 is 5.97 Å². The van der Waals surface area contributed by atoms with Gasteiger partial charge in [-0.25, -0.2) is 14.5 Å². The second-order valence-corrected chi connectivity index (χ2v) is 10.1. The molecule has 1 aliphatic rings. The Hall–Kier alpha value is -3.73. The summed E-state index contributed by atoms with van der Waals surface area (Å²) in [5.74, 6) is -0.310. The average Bonchev–Trinajstić information content (AvgIpc) is 3.63. The van der Waals surface area contributed by atoms with Crippen molar-refractivity contribution in [3.05, 3.63) is 91.1 Å². The van der Waals surface area contributed by atoms with E-state index in [0.29, 0.717) is 35.1 Å². The number of rotatable bonds is 5. The van der Waals surface area contributed by atoms with E-state index in [4.69, 9.17) is 23.2 Å². The predicted molar refractivity (Wildman–Crippen MR) is 136 cm³/mol. The van der Waals surface area contributed by atoms with Crippen LogP contribution in [-0.4, -0.2) is 40.6 Å². The maximum Gasteiger partial charge on any atom is 0.345 e. The maximum absolute atomic E-state index is 13.3. The van der Waals surface area contributed by atoms with Crippen LogP contribution in [-0.2, 0) is 6.42 Å². The van der Waals surface area contributed by atoms with E-state index in [1.807, 2.05) is 6.07 Å². The minimum absolute atomic E-state index is 0.158. The number of fused-ring (bicyclic) bond motifs is 1. The van der Waals surface area contributed by atoms with Crippen LogP contribution in [0.2, 0.25) is 10.2 Å². The minimum Gasteiger partial charge on any atom is -0.477 e. The lowest BCUT2D eigenvalue weighted by Crippen LogP contribution is -2.23. The molecule has 0 fully saturated rings. The molecular formula is C24H16Cl2N6O3S. The van der Waals surface area contributed by atoms with Crippen molar-refractivity contribution in [2.24, 2.45) is 0 Å². The highest BCUT2D eigenvalue weighted by Crippen LogP contribution is 2.35. The molecule has 1 aliphatic heterocycles. The zero-order valence-electron chi connectivity index (χ0n) is 18.4. The van der Waals surface area contributed by atoms with Crippen molar-refractivity contribution in [3.63, 3.8) is 0 Å². The summed E-state index contributed by atoms with van der Waals surface area (Å²) in [6.07, 6.45) is 4.65. The summed E-state index contributed by atoms with van der Waals surface area (Å²) in [4.78, 5) is 32.6. The van der Waals surface area contributed by atoms with Gasteiger partial charge < -0.3 is 14.7 Å². The number of carboxylic acids is 1. The van der Waals surface area contributed by atoms with E-state index in [1.165, 1.54) is 0 Å². The highest BCUT2D eigenvalue weighted by atomic mass is 35.5. The van der Waals surface area contributed by atoms with E-state index >= 15 is 0 Å². The molecule has 12 heteroatoms. The van der Waals surface area contributed by atoms with Crippen molar-refractivity contribution >= 4 is 40.5 Å². The van der Waals surface area contributed by atoms with Gasteiger partial charge in [-0.15, -0.1) is 16.4 Å². The Morgan fingerprint density at radius 1 is 1.17 bits per heavy atom.